The number of ether oxygens (including phenoxy) is 1. The fourth-order valence-electron chi connectivity index (χ4n) is 3.43. The van der Waals surface area contributed by atoms with E-state index in [2.05, 4.69) is 5.32 Å². The molecule has 0 amide bonds. The van der Waals surface area contributed by atoms with Crippen LogP contribution in [0.4, 0.5) is 8.78 Å². The van der Waals surface area contributed by atoms with E-state index < -0.39 is 26.4 Å². The Morgan fingerprint density at radius 2 is 1.79 bits per heavy atom. The molecule has 2 aliphatic rings. The van der Waals surface area contributed by atoms with Crippen molar-refractivity contribution in [3.05, 3.63) is 53.6 Å². The highest BCUT2D eigenvalue weighted by Gasteiger charge is 2.35. The molecular weight excluding hydrogens is 336 g/mol. The first kappa shape index (κ1) is 15.5. The normalized spacial score (nSPS) is 22.6. The second-order valence-corrected chi connectivity index (χ2v) is 8.02. The molecule has 2 aromatic rings. The van der Waals surface area contributed by atoms with Gasteiger partial charge < -0.3 is 10.1 Å². The van der Waals surface area contributed by atoms with Crippen molar-refractivity contribution >= 4 is 9.84 Å². The molecule has 2 unspecified atom stereocenters. The number of benzene rings is 2. The molecule has 4 nitrogen and oxygen atoms in total. The average Bonchev–Trinajstić information content (AvgIpc) is 3.02. The van der Waals surface area contributed by atoms with E-state index in [9.17, 15) is 17.2 Å². The van der Waals surface area contributed by atoms with Crippen molar-refractivity contribution in [1.82, 2.24) is 5.32 Å². The van der Waals surface area contributed by atoms with Gasteiger partial charge in [0.1, 0.15) is 24.0 Å². The number of rotatable bonds is 2. The van der Waals surface area contributed by atoms with Crippen LogP contribution in [0.25, 0.3) is 0 Å². The zero-order chi connectivity index (χ0) is 16.9. The van der Waals surface area contributed by atoms with E-state index in [0.29, 0.717) is 24.3 Å². The van der Waals surface area contributed by atoms with Gasteiger partial charge in [0.2, 0.25) is 9.84 Å². The van der Waals surface area contributed by atoms with Gasteiger partial charge in [-0.15, -0.1) is 0 Å². The van der Waals surface area contributed by atoms with E-state index in [0.717, 1.165) is 30.7 Å². The van der Waals surface area contributed by atoms with Gasteiger partial charge in [0.05, 0.1) is 9.79 Å². The molecule has 0 aliphatic carbocycles. The molecule has 0 radical (unpaired) electrons. The molecule has 126 valence electrons. The first-order valence-corrected chi connectivity index (χ1v) is 9.15. The van der Waals surface area contributed by atoms with Gasteiger partial charge in [-0.2, -0.15) is 0 Å². The molecule has 1 saturated heterocycles. The molecule has 2 heterocycles. The van der Waals surface area contributed by atoms with Crippen LogP contribution in [0.15, 0.2) is 46.2 Å². The molecule has 24 heavy (non-hydrogen) atoms. The molecule has 2 aliphatic heterocycles. The van der Waals surface area contributed by atoms with E-state index in [-0.39, 0.29) is 10.9 Å². The summed E-state index contributed by atoms with van der Waals surface area (Å²) >= 11 is 0. The van der Waals surface area contributed by atoms with Crippen LogP contribution in [0.2, 0.25) is 0 Å². The monoisotopic (exact) mass is 351 g/mol. The number of nitrogens with one attached hydrogen (secondary N) is 1. The molecular formula is C17H15F2NO3S. The Morgan fingerprint density at radius 3 is 2.54 bits per heavy atom. The minimum absolute atomic E-state index is 0.0318. The summed E-state index contributed by atoms with van der Waals surface area (Å²) in [7, 11) is -4.02. The van der Waals surface area contributed by atoms with E-state index in [4.69, 9.17) is 4.74 Å². The van der Waals surface area contributed by atoms with Gasteiger partial charge in [0.15, 0.2) is 0 Å². The van der Waals surface area contributed by atoms with Crippen LogP contribution in [-0.4, -0.2) is 27.6 Å². The highest BCUT2D eigenvalue weighted by atomic mass is 32.2. The lowest BCUT2D eigenvalue weighted by Crippen LogP contribution is -2.35. The SMILES string of the molecule is O=S(=O)(c1cc(F)cc(F)c1)c1ccc2c(c1)OCC1NCCC21. The number of sulfone groups is 1. The zero-order valence-corrected chi connectivity index (χ0v) is 13.4. The second kappa shape index (κ2) is 5.53. The Balaban J connectivity index is 1.77. The van der Waals surface area contributed by atoms with E-state index in [1.54, 1.807) is 6.07 Å². The van der Waals surface area contributed by atoms with Gasteiger partial charge in [-0.1, -0.05) is 6.07 Å². The maximum atomic E-state index is 13.4. The smallest absolute Gasteiger partial charge is 0.206 e. The Kier molecular flexibility index (Phi) is 3.58. The summed E-state index contributed by atoms with van der Waals surface area (Å²) in [5, 5.41) is 3.36. The molecule has 1 N–H and O–H groups in total. The summed E-state index contributed by atoms with van der Waals surface area (Å²) in [5.74, 6) is -1.03. The van der Waals surface area contributed by atoms with Crippen molar-refractivity contribution in [2.24, 2.45) is 0 Å². The summed E-state index contributed by atoms with van der Waals surface area (Å²) in [4.78, 5) is -0.438. The second-order valence-electron chi connectivity index (χ2n) is 6.08. The number of hydrogen-bond donors (Lipinski definition) is 1. The van der Waals surface area contributed by atoms with Crippen LogP contribution >= 0.6 is 0 Å². The fourth-order valence-corrected chi connectivity index (χ4v) is 4.74. The fraction of sp³-hybridized carbons (Fsp3) is 0.294. The van der Waals surface area contributed by atoms with Crippen LogP contribution in [0.1, 0.15) is 17.9 Å². The number of hydrogen-bond acceptors (Lipinski definition) is 4. The Labute approximate surface area is 138 Å². The maximum Gasteiger partial charge on any atom is 0.206 e. The van der Waals surface area contributed by atoms with Crippen LogP contribution in [-0.2, 0) is 9.84 Å². The summed E-state index contributed by atoms with van der Waals surface area (Å²) in [5.41, 5.74) is 0.973. The van der Waals surface area contributed by atoms with Crippen molar-refractivity contribution in [3.63, 3.8) is 0 Å². The standard InChI is InChI=1S/C17H15F2NO3S/c18-10-5-11(19)7-13(6-10)24(21,22)12-1-2-15-14-3-4-20-16(14)9-23-17(15)8-12/h1-2,5-8,14,16,20H,3-4,9H2. The third-order valence-corrected chi connectivity index (χ3v) is 6.34. The predicted octanol–water partition coefficient (Wildman–Crippen LogP) is 2.64. The van der Waals surface area contributed by atoms with Gasteiger partial charge in [-0.3, -0.25) is 0 Å². The summed E-state index contributed by atoms with van der Waals surface area (Å²) in [6.45, 7) is 1.39. The van der Waals surface area contributed by atoms with Gasteiger partial charge in [-0.05, 0) is 42.8 Å². The quantitative estimate of drug-likeness (QED) is 0.904. The van der Waals surface area contributed by atoms with Gasteiger partial charge in [0.25, 0.3) is 0 Å². The Bertz CT molecular complexity index is 894. The van der Waals surface area contributed by atoms with Gasteiger partial charge in [0, 0.05) is 18.0 Å². The van der Waals surface area contributed by atoms with E-state index in [1.165, 1.54) is 12.1 Å². The van der Waals surface area contributed by atoms with Crippen LogP contribution < -0.4 is 10.1 Å². The third kappa shape index (κ3) is 2.48. The summed E-state index contributed by atoms with van der Waals surface area (Å²) < 4.78 is 57.7. The highest BCUT2D eigenvalue weighted by molar-refractivity contribution is 7.91. The van der Waals surface area contributed by atoms with E-state index in [1.807, 2.05) is 0 Å². The maximum absolute atomic E-state index is 13.4. The molecule has 0 saturated carbocycles. The summed E-state index contributed by atoms with van der Waals surface area (Å²) in [6.07, 6.45) is 0.974. The molecule has 0 spiro atoms. The van der Waals surface area contributed by atoms with Gasteiger partial charge in [-0.25, -0.2) is 17.2 Å². The lowest BCUT2D eigenvalue weighted by atomic mass is 9.90. The first-order valence-electron chi connectivity index (χ1n) is 7.66. The Morgan fingerprint density at radius 1 is 1.04 bits per heavy atom. The van der Waals surface area contributed by atoms with Crippen LogP contribution in [0, 0.1) is 11.6 Å². The van der Waals surface area contributed by atoms with Gasteiger partial charge >= 0.3 is 0 Å². The van der Waals surface area contributed by atoms with Crippen molar-refractivity contribution < 1.29 is 21.9 Å². The summed E-state index contributed by atoms with van der Waals surface area (Å²) in [6, 6.07) is 7.18. The van der Waals surface area contributed by atoms with Crippen LogP contribution in [0.3, 0.4) is 0 Å². The predicted molar refractivity (Wildman–Crippen MR) is 82.9 cm³/mol. The first-order chi connectivity index (χ1) is 11.4. The largest absolute Gasteiger partial charge is 0.492 e. The molecule has 0 aromatic heterocycles. The molecule has 2 atom stereocenters. The van der Waals surface area contributed by atoms with Crippen molar-refractivity contribution in [3.8, 4) is 5.75 Å². The zero-order valence-electron chi connectivity index (χ0n) is 12.6. The lowest BCUT2D eigenvalue weighted by molar-refractivity contribution is 0.238. The Hall–Kier alpha value is -1.99. The third-order valence-electron chi connectivity index (χ3n) is 4.61. The van der Waals surface area contributed by atoms with Crippen molar-refractivity contribution in [1.29, 1.82) is 0 Å². The highest BCUT2D eigenvalue weighted by Crippen LogP contribution is 2.40. The molecule has 4 rings (SSSR count). The molecule has 0 bridgehead atoms. The van der Waals surface area contributed by atoms with Crippen molar-refractivity contribution in [2.45, 2.75) is 28.2 Å². The van der Waals surface area contributed by atoms with E-state index >= 15 is 0 Å². The number of halogens is 2. The topological polar surface area (TPSA) is 55.4 Å². The molecule has 1 fully saturated rings. The molecule has 2 aromatic carbocycles. The molecule has 7 heteroatoms. The van der Waals surface area contributed by atoms with Crippen molar-refractivity contribution in [2.75, 3.05) is 13.2 Å². The lowest BCUT2D eigenvalue weighted by Gasteiger charge is -2.28. The minimum Gasteiger partial charge on any atom is -0.492 e. The van der Waals surface area contributed by atoms with Crippen LogP contribution in [0.5, 0.6) is 5.75 Å². The minimum atomic E-state index is -4.02. The number of fused-ring (bicyclic) bond motifs is 3. The average molecular weight is 351 g/mol.